The number of carboxylic acid groups (broad SMARTS) is 1. The molecule has 0 radical (unpaired) electrons. The molecule has 0 spiro atoms. The highest BCUT2D eigenvalue weighted by molar-refractivity contribution is 5.71. The summed E-state index contributed by atoms with van der Waals surface area (Å²) in [6.07, 6.45) is -4.44. The minimum Gasteiger partial charge on any atom is -0.481 e. The number of halogens is 3. The third kappa shape index (κ3) is 2.14. The van der Waals surface area contributed by atoms with Gasteiger partial charge >= 0.3 is 12.1 Å². The second-order valence-electron chi connectivity index (χ2n) is 4.37. The molecule has 0 aromatic heterocycles. The lowest BCUT2D eigenvalue weighted by Crippen LogP contribution is -2.30. The van der Waals surface area contributed by atoms with Crippen molar-refractivity contribution in [3.63, 3.8) is 0 Å². The fourth-order valence-electron chi connectivity index (χ4n) is 2.37. The SMILES string of the molecule is CN1c2cccc(C(F)(F)F)c2CC1CC(=O)O. The van der Waals surface area contributed by atoms with Crippen molar-refractivity contribution in [2.45, 2.75) is 25.1 Å². The highest BCUT2D eigenvalue weighted by Gasteiger charge is 2.39. The number of hydrogen-bond acceptors (Lipinski definition) is 2. The van der Waals surface area contributed by atoms with Crippen LogP contribution in [0.3, 0.4) is 0 Å². The molecule has 6 heteroatoms. The van der Waals surface area contributed by atoms with Crippen molar-refractivity contribution in [2.24, 2.45) is 0 Å². The van der Waals surface area contributed by atoms with Crippen molar-refractivity contribution in [3.8, 4) is 0 Å². The first-order valence-corrected chi connectivity index (χ1v) is 5.44. The van der Waals surface area contributed by atoms with E-state index in [1.807, 2.05) is 0 Å². The number of anilines is 1. The summed E-state index contributed by atoms with van der Waals surface area (Å²) in [5.41, 5.74) is -0.00503. The minimum absolute atomic E-state index is 0.119. The van der Waals surface area contributed by atoms with Gasteiger partial charge in [0.05, 0.1) is 12.0 Å². The summed E-state index contributed by atoms with van der Waals surface area (Å²) >= 11 is 0. The first kappa shape index (κ1) is 12.7. The Morgan fingerprint density at radius 3 is 2.72 bits per heavy atom. The quantitative estimate of drug-likeness (QED) is 0.887. The topological polar surface area (TPSA) is 40.5 Å². The van der Waals surface area contributed by atoms with Crippen molar-refractivity contribution in [1.29, 1.82) is 0 Å². The van der Waals surface area contributed by atoms with Crippen molar-refractivity contribution in [1.82, 2.24) is 0 Å². The average molecular weight is 259 g/mol. The van der Waals surface area contributed by atoms with Crippen LogP contribution in [0.1, 0.15) is 17.5 Å². The molecule has 2 rings (SSSR count). The average Bonchev–Trinajstić information content (AvgIpc) is 2.54. The van der Waals surface area contributed by atoms with Gasteiger partial charge in [0, 0.05) is 18.8 Å². The van der Waals surface area contributed by atoms with E-state index < -0.39 is 23.8 Å². The molecule has 0 amide bonds. The maximum Gasteiger partial charge on any atom is 0.416 e. The molecule has 98 valence electrons. The standard InChI is InChI=1S/C12H12F3NO2/c1-16-7(6-11(17)18)5-8-9(12(13,14)15)3-2-4-10(8)16/h2-4,7H,5-6H2,1H3,(H,17,18). The normalized spacial score (nSPS) is 18.9. The summed E-state index contributed by atoms with van der Waals surface area (Å²) in [4.78, 5) is 12.3. The lowest BCUT2D eigenvalue weighted by Gasteiger charge is -2.20. The van der Waals surface area contributed by atoms with Gasteiger partial charge in [-0.15, -0.1) is 0 Å². The predicted octanol–water partition coefficient (Wildman–Crippen LogP) is 2.54. The van der Waals surface area contributed by atoms with Gasteiger partial charge in [0.25, 0.3) is 0 Å². The van der Waals surface area contributed by atoms with Crippen LogP contribution in [-0.2, 0) is 17.4 Å². The third-order valence-corrected chi connectivity index (χ3v) is 3.23. The van der Waals surface area contributed by atoms with Crippen LogP contribution in [0, 0.1) is 0 Å². The monoisotopic (exact) mass is 259 g/mol. The number of nitrogens with zero attached hydrogens (tertiary/aromatic N) is 1. The maximum atomic E-state index is 12.8. The number of likely N-dealkylation sites (N-methyl/N-ethyl adjacent to an activating group) is 1. The van der Waals surface area contributed by atoms with Crippen molar-refractivity contribution in [2.75, 3.05) is 11.9 Å². The Morgan fingerprint density at radius 1 is 1.50 bits per heavy atom. The van der Waals surface area contributed by atoms with Crippen molar-refractivity contribution < 1.29 is 23.1 Å². The van der Waals surface area contributed by atoms with Gasteiger partial charge in [-0.05, 0) is 24.1 Å². The third-order valence-electron chi connectivity index (χ3n) is 3.23. The van der Waals surface area contributed by atoms with Gasteiger partial charge in [-0.25, -0.2) is 0 Å². The molecule has 1 N–H and O–H groups in total. The second kappa shape index (κ2) is 4.19. The number of rotatable bonds is 2. The molecule has 1 heterocycles. The van der Waals surface area contributed by atoms with E-state index in [0.29, 0.717) is 5.69 Å². The van der Waals surface area contributed by atoms with Crippen LogP contribution in [0.2, 0.25) is 0 Å². The lowest BCUT2D eigenvalue weighted by atomic mass is 10.0. The second-order valence-corrected chi connectivity index (χ2v) is 4.37. The number of alkyl halides is 3. The fourth-order valence-corrected chi connectivity index (χ4v) is 2.37. The number of hydrogen-bond donors (Lipinski definition) is 1. The van der Waals surface area contributed by atoms with E-state index in [1.165, 1.54) is 6.07 Å². The van der Waals surface area contributed by atoms with Gasteiger partial charge in [-0.2, -0.15) is 13.2 Å². The Kier molecular flexibility index (Phi) is 2.96. The Bertz CT molecular complexity index is 485. The molecule has 1 aromatic rings. The van der Waals surface area contributed by atoms with Crippen LogP contribution < -0.4 is 4.90 Å². The highest BCUT2D eigenvalue weighted by Crippen LogP contribution is 2.41. The lowest BCUT2D eigenvalue weighted by molar-refractivity contribution is -0.138. The zero-order chi connectivity index (χ0) is 13.5. The number of fused-ring (bicyclic) bond motifs is 1. The summed E-state index contributed by atoms with van der Waals surface area (Å²) in [6, 6.07) is 3.56. The number of benzene rings is 1. The van der Waals surface area contributed by atoms with E-state index in [9.17, 15) is 18.0 Å². The van der Waals surface area contributed by atoms with Gasteiger partial charge in [0.15, 0.2) is 0 Å². The van der Waals surface area contributed by atoms with E-state index >= 15 is 0 Å². The minimum atomic E-state index is -4.40. The van der Waals surface area contributed by atoms with Gasteiger partial charge in [-0.1, -0.05) is 6.07 Å². The zero-order valence-corrected chi connectivity index (χ0v) is 9.66. The maximum absolute atomic E-state index is 12.8. The molecule has 3 nitrogen and oxygen atoms in total. The molecule has 1 aliphatic rings. The number of carbonyl (C=O) groups is 1. The zero-order valence-electron chi connectivity index (χ0n) is 9.66. The van der Waals surface area contributed by atoms with Gasteiger partial charge in [-0.3, -0.25) is 4.79 Å². The molecule has 0 saturated carbocycles. The van der Waals surface area contributed by atoms with E-state index in [-0.39, 0.29) is 18.4 Å². The van der Waals surface area contributed by atoms with Gasteiger partial charge < -0.3 is 10.0 Å². The summed E-state index contributed by atoms with van der Waals surface area (Å²) in [5, 5.41) is 8.75. The first-order chi connectivity index (χ1) is 8.30. The van der Waals surface area contributed by atoms with Crippen LogP contribution in [0.15, 0.2) is 18.2 Å². The Balaban J connectivity index is 2.39. The van der Waals surface area contributed by atoms with E-state index in [0.717, 1.165) is 6.07 Å². The predicted molar refractivity (Wildman–Crippen MR) is 59.6 cm³/mol. The van der Waals surface area contributed by atoms with Crippen LogP contribution in [0.25, 0.3) is 0 Å². The van der Waals surface area contributed by atoms with Crippen LogP contribution >= 0.6 is 0 Å². The summed E-state index contributed by atoms with van der Waals surface area (Å²) in [7, 11) is 1.62. The van der Waals surface area contributed by atoms with Crippen molar-refractivity contribution >= 4 is 11.7 Å². The van der Waals surface area contributed by atoms with E-state index in [2.05, 4.69) is 0 Å². The Labute approximate surface area is 102 Å². The molecule has 18 heavy (non-hydrogen) atoms. The molecular formula is C12H12F3NO2. The molecule has 0 saturated heterocycles. The molecule has 1 atom stereocenters. The molecule has 0 fully saturated rings. The smallest absolute Gasteiger partial charge is 0.416 e. The van der Waals surface area contributed by atoms with Gasteiger partial charge in [0.1, 0.15) is 0 Å². The first-order valence-electron chi connectivity index (χ1n) is 5.44. The van der Waals surface area contributed by atoms with Crippen LogP contribution in [-0.4, -0.2) is 24.2 Å². The van der Waals surface area contributed by atoms with Crippen molar-refractivity contribution in [3.05, 3.63) is 29.3 Å². The molecule has 1 aliphatic heterocycles. The summed E-state index contributed by atoms with van der Waals surface area (Å²) in [5.74, 6) is -1.01. The summed E-state index contributed by atoms with van der Waals surface area (Å²) < 4.78 is 38.5. The summed E-state index contributed by atoms with van der Waals surface area (Å²) in [6.45, 7) is 0. The Hall–Kier alpha value is -1.72. The van der Waals surface area contributed by atoms with Crippen LogP contribution in [0.5, 0.6) is 0 Å². The highest BCUT2D eigenvalue weighted by atomic mass is 19.4. The largest absolute Gasteiger partial charge is 0.481 e. The van der Waals surface area contributed by atoms with Crippen LogP contribution in [0.4, 0.5) is 18.9 Å². The van der Waals surface area contributed by atoms with Gasteiger partial charge in [0.2, 0.25) is 0 Å². The molecule has 1 aromatic carbocycles. The van der Waals surface area contributed by atoms with E-state index in [1.54, 1.807) is 18.0 Å². The Morgan fingerprint density at radius 2 is 2.17 bits per heavy atom. The molecule has 0 bridgehead atoms. The molecular weight excluding hydrogens is 247 g/mol. The molecule has 1 unspecified atom stereocenters. The number of carboxylic acids is 1. The van der Waals surface area contributed by atoms with E-state index in [4.69, 9.17) is 5.11 Å². The number of aliphatic carboxylic acids is 1. The fraction of sp³-hybridized carbons (Fsp3) is 0.417. The molecule has 0 aliphatic carbocycles.